The summed E-state index contributed by atoms with van der Waals surface area (Å²) in [5.74, 6) is 0.494. The lowest BCUT2D eigenvalue weighted by molar-refractivity contribution is 0.0967. The van der Waals surface area contributed by atoms with Gasteiger partial charge in [0.1, 0.15) is 0 Å². The van der Waals surface area contributed by atoms with Crippen LogP contribution in [-0.4, -0.2) is 24.0 Å². The Morgan fingerprint density at radius 1 is 0.714 bits per heavy atom. The van der Waals surface area contributed by atoms with Gasteiger partial charge in [-0.3, -0.25) is 4.79 Å². The second-order valence-electron chi connectivity index (χ2n) is 7.42. The Bertz CT molecular complexity index is 1010. The first kappa shape index (κ1) is 29.6. The molecule has 1 aliphatic rings. The van der Waals surface area contributed by atoms with Crippen molar-refractivity contribution in [3.05, 3.63) is 83.9 Å². The van der Waals surface area contributed by atoms with Crippen molar-refractivity contribution < 1.29 is 14.7 Å². The number of aliphatic hydroxyl groups is 1. The molecule has 0 radical (unpaired) electrons. The number of urea groups is 1. The van der Waals surface area contributed by atoms with Gasteiger partial charge in [0.15, 0.2) is 5.78 Å². The molecular weight excluding hydrogens is 436 g/mol. The van der Waals surface area contributed by atoms with E-state index in [1.807, 2.05) is 100 Å². The monoisotopic (exact) mass is 476 g/mol. The van der Waals surface area contributed by atoms with Crippen LogP contribution in [-0.2, 0) is 6.42 Å². The molecule has 1 fully saturated rings. The summed E-state index contributed by atoms with van der Waals surface area (Å²) in [5, 5.41) is 12.7. The maximum absolute atomic E-state index is 12.2. The lowest BCUT2D eigenvalue weighted by atomic mass is 10.0. The second-order valence-corrected chi connectivity index (χ2v) is 7.42. The number of amides is 2. The summed E-state index contributed by atoms with van der Waals surface area (Å²) in [5.41, 5.74) is 5.59. The van der Waals surface area contributed by atoms with Crippen molar-refractivity contribution in [1.82, 2.24) is 0 Å². The largest absolute Gasteiger partial charge is 0.400 e. The highest BCUT2D eigenvalue weighted by Gasteiger charge is 2.30. The average molecular weight is 477 g/mol. The number of nitrogens with one attached hydrogen (secondary N) is 2. The van der Waals surface area contributed by atoms with Gasteiger partial charge in [-0.2, -0.15) is 0 Å². The molecule has 0 atom stereocenters. The van der Waals surface area contributed by atoms with E-state index in [4.69, 9.17) is 5.11 Å². The first-order chi connectivity index (χ1) is 17.1. The van der Waals surface area contributed by atoms with Gasteiger partial charge < -0.3 is 15.7 Å². The summed E-state index contributed by atoms with van der Waals surface area (Å²) in [7, 11) is 1.00. The Morgan fingerprint density at radius 2 is 1.11 bits per heavy atom. The molecule has 4 rings (SSSR count). The number of Topliss-reactive ketones (excluding diaryl/α,β-unsaturated/α-hetero) is 1. The normalized spacial score (nSPS) is 11.3. The van der Waals surface area contributed by atoms with Gasteiger partial charge in [0.2, 0.25) is 0 Å². The first-order valence-corrected chi connectivity index (χ1v) is 12.5. The van der Waals surface area contributed by atoms with Crippen LogP contribution in [0.25, 0.3) is 11.1 Å². The van der Waals surface area contributed by atoms with Crippen LogP contribution in [0.15, 0.2) is 72.8 Å². The van der Waals surface area contributed by atoms with E-state index in [0.29, 0.717) is 0 Å². The minimum Gasteiger partial charge on any atom is -0.400 e. The third-order valence-electron chi connectivity index (χ3n) is 5.21. The standard InChI is InChI=1S/C25H24N2O2.2C2H6.CH4O/c1-2-17-3-13-22(14-4-17)26-25(29)27-23-15-11-19(12-16-23)18-5-7-20(8-6-18)24(28)21-9-10-21;3*1-2/h3-8,11-16,21H,2,9-10H2,1H3,(H2,26,27,29);2*1-2H3;2H,1H3. The number of anilines is 2. The zero-order chi connectivity index (χ0) is 26.2. The highest BCUT2D eigenvalue weighted by atomic mass is 16.2. The van der Waals surface area contributed by atoms with Crippen LogP contribution in [0.5, 0.6) is 0 Å². The lowest BCUT2D eigenvalue weighted by Gasteiger charge is -2.09. The van der Waals surface area contributed by atoms with Crippen molar-refractivity contribution in [3.63, 3.8) is 0 Å². The van der Waals surface area contributed by atoms with Gasteiger partial charge >= 0.3 is 6.03 Å². The maximum atomic E-state index is 12.2. The van der Waals surface area contributed by atoms with Crippen molar-refractivity contribution in [2.45, 2.75) is 53.9 Å². The number of carbonyl (C=O) groups excluding carboxylic acids is 2. The molecule has 1 saturated carbocycles. The molecule has 2 amide bonds. The Balaban J connectivity index is 0.000000949. The van der Waals surface area contributed by atoms with Crippen LogP contribution in [0.4, 0.5) is 16.2 Å². The van der Waals surface area contributed by atoms with Gasteiger partial charge in [-0.1, -0.05) is 83.1 Å². The molecule has 3 aromatic carbocycles. The molecule has 0 unspecified atom stereocenters. The topological polar surface area (TPSA) is 78.4 Å². The van der Waals surface area contributed by atoms with Crippen LogP contribution < -0.4 is 10.6 Å². The van der Waals surface area contributed by atoms with E-state index in [-0.39, 0.29) is 17.7 Å². The van der Waals surface area contributed by atoms with Crippen molar-refractivity contribution in [3.8, 4) is 11.1 Å². The average Bonchev–Trinajstić information content (AvgIpc) is 3.78. The van der Waals surface area contributed by atoms with E-state index < -0.39 is 0 Å². The van der Waals surface area contributed by atoms with E-state index in [0.717, 1.165) is 54.4 Å². The lowest BCUT2D eigenvalue weighted by Crippen LogP contribution is -2.19. The molecule has 188 valence electrons. The summed E-state index contributed by atoms with van der Waals surface area (Å²) in [4.78, 5) is 24.3. The Hall–Kier alpha value is -3.44. The third-order valence-corrected chi connectivity index (χ3v) is 5.21. The third kappa shape index (κ3) is 9.38. The number of aliphatic hydroxyl groups excluding tert-OH is 1. The quantitative estimate of drug-likeness (QED) is 0.317. The fourth-order valence-corrected chi connectivity index (χ4v) is 3.27. The molecule has 0 heterocycles. The predicted octanol–water partition coefficient (Wildman–Crippen LogP) is 7.81. The molecule has 5 nitrogen and oxygen atoms in total. The number of hydrogen-bond donors (Lipinski definition) is 3. The SMILES string of the molecule is CC.CC.CCc1ccc(NC(=O)Nc2ccc(-c3ccc(C(=O)C4CC4)cc3)cc2)cc1.CO. The summed E-state index contributed by atoms with van der Waals surface area (Å²) >= 11 is 0. The molecule has 0 bridgehead atoms. The van der Waals surface area contributed by atoms with E-state index in [1.165, 1.54) is 5.56 Å². The predicted molar refractivity (Wildman–Crippen MR) is 148 cm³/mol. The smallest absolute Gasteiger partial charge is 0.323 e. The van der Waals surface area contributed by atoms with Crippen LogP contribution >= 0.6 is 0 Å². The molecule has 1 aliphatic carbocycles. The van der Waals surface area contributed by atoms with Gasteiger partial charge in [0, 0.05) is 30.0 Å². The minimum absolute atomic E-state index is 0.238. The zero-order valence-corrected chi connectivity index (χ0v) is 21.9. The van der Waals surface area contributed by atoms with E-state index in [9.17, 15) is 9.59 Å². The van der Waals surface area contributed by atoms with Crippen molar-refractivity contribution >= 4 is 23.2 Å². The fourth-order valence-electron chi connectivity index (χ4n) is 3.27. The summed E-state index contributed by atoms with van der Waals surface area (Å²) in [6.07, 6.45) is 3.01. The number of ketones is 1. The Kier molecular flexibility index (Phi) is 13.7. The van der Waals surface area contributed by atoms with Crippen molar-refractivity contribution in [2.24, 2.45) is 5.92 Å². The zero-order valence-electron chi connectivity index (χ0n) is 21.9. The molecule has 0 aliphatic heterocycles. The van der Waals surface area contributed by atoms with Crippen LogP contribution in [0.3, 0.4) is 0 Å². The van der Waals surface area contributed by atoms with Gasteiger partial charge in [-0.05, 0) is 60.2 Å². The van der Waals surface area contributed by atoms with Gasteiger partial charge in [-0.15, -0.1) is 0 Å². The number of rotatable bonds is 6. The van der Waals surface area contributed by atoms with Crippen molar-refractivity contribution in [1.29, 1.82) is 0 Å². The molecule has 0 spiro atoms. The van der Waals surface area contributed by atoms with E-state index >= 15 is 0 Å². The highest BCUT2D eigenvalue weighted by molar-refractivity contribution is 6.00. The molecule has 5 heteroatoms. The van der Waals surface area contributed by atoms with Crippen LogP contribution in [0.1, 0.15) is 63.4 Å². The van der Waals surface area contributed by atoms with E-state index in [2.05, 4.69) is 17.6 Å². The maximum Gasteiger partial charge on any atom is 0.323 e. The fraction of sp³-hybridized carbons (Fsp3) is 0.333. The molecular formula is C30H40N2O3. The molecule has 0 aromatic heterocycles. The number of hydrogen-bond acceptors (Lipinski definition) is 3. The van der Waals surface area contributed by atoms with Gasteiger partial charge in [0.25, 0.3) is 0 Å². The van der Waals surface area contributed by atoms with Gasteiger partial charge in [-0.25, -0.2) is 4.79 Å². The van der Waals surface area contributed by atoms with E-state index in [1.54, 1.807) is 0 Å². The highest BCUT2D eigenvalue weighted by Crippen LogP contribution is 2.33. The molecule has 35 heavy (non-hydrogen) atoms. The molecule has 3 aromatic rings. The molecule has 3 N–H and O–H groups in total. The number of aryl methyl sites for hydroxylation is 1. The number of carbonyl (C=O) groups is 2. The Morgan fingerprint density at radius 3 is 1.51 bits per heavy atom. The van der Waals surface area contributed by atoms with Crippen molar-refractivity contribution in [2.75, 3.05) is 17.7 Å². The van der Waals surface area contributed by atoms with Gasteiger partial charge in [0.05, 0.1) is 0 Å². The minimum atomic E-state index is -0.273. The first-order valence-electron chi connectivity index (χ1n) is 12.5. The number of benzene rings is 3. The molecule has 0 saturated heterocycles. The summed E-state index contributed by atoms with van der Waals surface area (Å²) in [6, 6.07) is 23.0. The summed E-state index contributed by atoms with van der Waals surface area (Å²) < 4.78 is 0. The second kappa shape index (κ2) is 16.2. The summed E-state index contributed by atoms with van der Waals surface area (Å²) in [6.45, 7) is 10.1. The van der Waals surface area contributed by atoms with Crippen LogP contribution in [0, 0.1) is 5.92 Å². The van der Waals surface area contributed by atoms with Crippen LogP contribution in [0.2, 0.25) is 0 Å². The Labute approximate surface area is 210 Å².